The Morgan fingerprint density at radius 2 is 1.95 bits per heavy atom. The summed E-state index contributed by atoms with van der Waals surface area (Å²) in [5.41, 5.74) is 3.34. The van der Waals surface area contributed by atoms with E-state index in [0.717, 1.165) is 6.54 Å². The average molecular weight is 288 g/mol. The summed E-state index contributed by atoms with van der Waals surface area (Å²) in [4.78, 5) is 2.63. The Morgan fingerprint density at radius 1 is 1.24 bits per heavy atom. The third kappa shape index (κ3) is 4.82. The molecule has 1 heterocycles. The first-order chi connectivity index (χ1) is 10.0. The van der Waals surface area contributed by atoms with E-state index < -0.39 is 0 Å². The SMILES string of the molecule is CCCc1ccc(C(CN2CCCC(C)(C)C2)NC)cc1. The van der Waals surface area contributed by atoms with Crippen LogP contribution in [0.1, 0.15) is 57.2 Å². The number of hydrogen-bond acceptors (Lipinski definition) is 2. The zero-order valence-corrected chi connectivity index (χ0v) is 14.3. The molecule has 1 aliphatic heterocycles. The van der Waals surface area contributed by atoms with Crippen LogP contribution in [-0.4, -0.2) is 31.6 Å². The third-order valence-corrected chi connectivity index (χ3v) is 4.69. The number of piperidine rings is 1. The van der Waals surface area contributed by atoms with Crippen molar-refractivity contribution in [1.29, 1.82) is 0 Å². The second-order valence-electron chi connectivity index (χ2n) is 7.34. The van der Waals surface area contributed by atoms with Crippen LogP contribution in [-0.2, 0) is 6.42 Å². The molecule has 2 heteroatoms. The van der Waals surface area contributed by atoms with Crippen LogP contribution in [0.15, 0.2) is 24.3 Å². The van der Waals surface area contributed by atoms with E-state index in [-0.39, 0.29) is 0 Å². The highest BCUT2D eigenvalue weighted by molar-refractivity contribution is 5.25. The standard InChI is InChI=1S/C19H32N2/c1-5-7-16-8-10-17(11-9-16)18(20-4)14-21-13-6-12-19(2,3)15-21/h8-11,18,20H,5-7,12-15H2,1-4H3. The van der Waals surface area contributed by atoms with Crippen molar-refractivity contribution in [1.82, 2.24) is 10.2 Å². The summed E-state index contributed by atoms with van der Waals surface area (Å²) in [5, 5.41) is 3.50. The molecule has 0 radical (unpaired) electrons. The highest BCUT2D eigenvalue weighted by atomic mass is 15.2. The van der Waals surface area contributed by atoms with Crippen LogP contribution < -0.4 is 5.32 Å². The molecule has 2 rings (SSSR count). The van der Waals surface area contributed by atoms with E-state index in [2.05, 4.69) is 62.3 Å². The van der Waals surface area contributed by atoms with Crippen molar-refractivity contribution >= 4 is 0 Å². The van der Waals surface area contributed by atoms with Gasteiger partial charge in [-0.15, -0.1) is 0 Å². The van der Waals surface area contributed by atoms with Gasteiger partial charge in [0.05, 0.1) is 0 Å². The number of rotatable bonds is 6. The first-order valence-corrected chi connectivity index (χ1v) is 8.52. The van der Waals surface area contributed by atoms with Gasteiger partial charge >= 0.3 is 0 Å². The molecule has 1 aromatic rings. The molecule has 0 aromatic heterocycles. The summed E-state index contributed by atoms with van der Waals surface area (Å²) >= 11 is 0. The third-order valence-electron chi connectivity index (χ3n) is 4.69. The van der Waals surface area contributed by atoms with Crippen molar-refractivity contribution < 1.29 is 0 Å². The average Bonchev–Trinajstić information content (AvgIpc) is 2.45. The fourth-order valence-electron chi connectivity index (χ4n) is 3.53. The van der Waals surface area contributed by atoms with Crippen molar-refractivity contribution in [3.8, 4) is 0 Å². The summed E-state index contributed by atoms with van der Waals surface area (Å²) in [6.45, 7) is 10.6. The minimum atomic E-state index is 0.439. The molecule has 0 bridgehead atoms. The van der Waals surface area contributed by atoms with E-state index in [1.165, 1.54) is 49.9 Å². The first kappa shape index (κ1) is 16.5. The molecule has 118 valence electrons. The van der Waals surface area contributed by atoms with Crippen LogP contribution in [0.25, 0.3) is 0 Å². The van der Waals surface area contributed by atoms with E-state index >= 15 is 0 Å². The maximum atomic E-state index is 3.50. The number of aryl methyl sites for hydroxylation is 1. The lowest BCUT2D eigenvalue weighted by atomic mass is 9.84. The van der Waals surface area contributed by atoms with Crippen LogP contribution in [0.2, 0.25) is 0 Å². The summed E-state index contributed by atoms with van der Waals surface area (Å²) in [6.07, 6.45) is 5.10. The van der Waals surface area contributed by atoms with Crippen LogP contribution in [0.5, 0.6) is 0 Å². The lowest BCUT2D eigenvalue weighted by Gasteiger charge is -2.39. The maximum absolute atomic E-state index is 3.50. The molecular weight excluding hydrogens is 256 g/mol. The fourth-order valence-corrected chi connectivity index (χ4v) is 3.53. The molecule has 1 aliphatic rings. The Balaban J connectivity index is 1.99. The second-order valence-corrected chi connectivity index (χ2v) is 7.34. The Bertz CT molecular complexity index is 422. The molecular formula is C19H32N2. The van der Waals surface area contributed by atoms with Gasteiger partial charge in [-0.3, -0.25) is 0 Å². The Labute approximate surface area is 130 Å². The van der Waals surface area contributed by atoms with Gasteiger partial charge in [0.15, 0.2) is 0 Å². The molecule has 21 heavy (non-hydrogen) atoms. The number of likely N-dealkylation sites (tertiary alicyclic amines) is 1. The smallest absolute Gasteiger partial charge is 0.0446 e. The lowest BCUT2D eigenvalue weighted by molar-refractivity contribution is 0.108. The van der Waals surface area contributed by atoms with Crippen LogP contribution >= 0.6 is 0 Å². The fraction of sp³-hybridized carbons (Fsp3) is 0.684. The first-order valence-electron chi connectivity index (χ1n) is 8.52. The molecule has 0 amide bonds. The molecule has 1 aromatic carbocycles. The summed E-state index contributed by atoms with van der Waals surface area (Å²) < 4.78 is 0. The van der Waals surface area contributed by atoms with Crippen molar-refractivity contribution in [2.45, 2.75) is 52.5 Å². The van der Waals surface area contributed by atoms with E-state index in [9.17, 15) is 0 Å². The molecule has 0 aliphatic carbocycles. The quantitative estimate of drug-likeness (QED) is 0.850. The zero-order chi connectivity index (χ0) is 15.3. The van der Waals surface area contributed by atoms with Gasteiger partial charge in [0.1, 0.15) is 0 Å². The lowest BCUT2D eigenvalue weighted by Crippen LogP contribution is -2.43. The van der Waals surface area contributed by atoms with Crippen molar-refractivity contribution in [3.05, 3.63) is 35.4 Å². The Kier molecular flexibility index (Phi) is 5.83. The van der Waals surface area contributed by atoms with Crippen molar-refractivity contribution in [2.75, 3.05) is 26.7 Å². The number of nitrogens with zero attached hydrogens (tertiary/aromatic N) is 1. The van der Waals surface area contributed by atoms with E-state index in [0.29, 0.717) is 11.5 Å². The van der Waals surface area contributed by atoms with Gasteiger partial charge in [0.25, 0.3) is 0 Å². The number of nitrogens with one attached hydrogen (secondary N) is 1. The minimum absolute atomic E-state index is 0.439. The highest BCUT2D eigenvalue weighted by Gasteiger charge is 2.27. The van der Waals surface area contributed by atoms with Gasteiger partial charge < -0.3 is 10.2 Å². The largest absolute Gasteiger partial charge is 0.312 e. The molecule has 1 N–H and O–H groups in total. The maximum Gasteiger partial charge on any atom is 0.0446 e. The van der Waals surface area contributed by atoms with Gasteiger partial charge in [-0.05, 0) is 49.4 Å². The van der Waals surface area contributed by atoms with Crippen LogP contribution in [0.4, 0.5) is 0 Å². The molecule has 1 unspecified atom stereocenters. The summed E-state index contributed by atoms with van der Waals surface area (Å²) in [7, 11) is 2.08. The van der Waals surface area contributed by atoms with E-state index in [1.807, 2.05) is 0 Å². The zero-order valence-electron chi connectivity index (χ0n) is 14.3. The highest BCUT2D eigenvalue weighted by Crippen LogP contribution is 2.29. The molecule has 1 saturated heterocycles. The predicted octanol–water partition coefficient (Wildman–Crippen LogP) is 4.02. The second kappa shape index (κ2) is 7.42. The van der Waals surface area contributed by atoms with Crippen molar-refractivity contribution in [2.24, 2.45) is 5.41 Å². The summed E-state index contributed by atoms with van der Waals surface area (Å²) in [6, 6.07) is 9.64. The van der Waals surface area contributed by atoms with Crippen molar-refractivity contribution in [3.63, 3.8) is 0 Å². The number of hydrogen-bond donors (Lipinski definition) is 1. The van der Waals surface area contributed by atoms with Gasteiger partial charge in [0, 0.05) is 19.1 Å². The Hall–Kier alpha value is -0.860. The Morgan fingerprint density at radius 3 is 2.52 bits per heavy atom. The number of benzene rings is 1. The molecule has 0 saturated carbocycles. The van der Waals surface area contributed by atoms with Gasteiger partial charge in [-0.2, -0.15) is 0 Å². The molecule has 2 nitrogen and oxygen atoms in total. The van der Waals surface area contributed by atoms with Crippen LogP contribution in [0, 0.1) is 5.41 Å². The van der Waals surface area contributed by atoms with E-state index in [1.54, 1.807) is 0 Å². The molecule has 1 fully saturated rings. The minimum Gasteiger partial charge on any atom is -0.312 e. The number of likely N-dealkylation sites (N-methyl/N-ethyl adjacent to an activating group) is 1. The summed E-state index contributed by atoms with van der Waals surface area (Å²) in [5.74, 6) is 0. The van der Waals surface area contributed by atoms with Gasteiger partial charge in [0.2, 0.25) is 0 Å². The predicted molar refractivity (Wildman–Crippen MR) is 91.7 cm³/mol. The van der Waals surface area contributed by atoms with Gasteiger partial charge in [-0.1, -0.05) is 51.5 Å². The molecule has 0 spiro atoms. The monoisotopic (exact) mass is 288 g/mol. The van der Waals surface area contributed by atoms with Crippen LogP contribution in [0.3, 0.4) is 0 Å². The molecule has 1 atom stereocenters. The van der Waals surface area contributed by atoms with Gasteiger partial charge in [-0.25, -0.2) is 0 Å². The van der Waals surface area contributed by atoms with E-state index in [4.69, 9.17) is 0 Å². The topological polar surface area (TPSA) is 15.3 Å². The normalized spacial score (nSPS) is 20.4.